The second-order valence-electron chi connectivity index (χ2n) is 5.69. The Kier molecular flexibility index (Phi) is 4.51. The van der Waals surface area contributed by atoms with Gasteiger partial charge < -0.3 is 10.2 Å². The highest BCUT2D eigenvalue weighted by atomic mass is 32.1. The fraction of sp³-hybridized carbons (Fsp3) is 0.312. The monoisotopic (exact) mass is 369 g/mol. The first-order valence-electron chi connectivity index (χ1n) is 7.44. The molecule has 3 rings (SSSR count). The summed E-state index contributed by atoms with van der Waals surface area (Å²) in [6.45, 7) is 0.581. The van der Waals surface area contributed by atoms with Gasteiger partial charge in [0.15, 0.2) is 0 Å². The first-order valence-corrected chi connectivity index (χ1v) is 8.32. The molecular weight excluding hydrogens is 355 g/mol. The molecular formula is C16H14F3N3O2S. The molecule has 2 aromatic rings. The quantitative estimate of drug-likeness (QED) is 0.905. The summed E-state index contributed by atoms with van der Waals surface area (Å²) < 4.78 is 37.8. The maximum absolute atomic E-state index is 12.6. The van der Waals surface area contributed by atoms with Gasteiger partial charge in [-0.3, -0.25) is 9.59 Å². The van der Waals surface area contributed by atoms with Gasteiger partial charge in [-0.1, -0.05) is 12.1 Å². The number of alkyl halides is 3. The lowest BCUT2D eigenvalue weighted by molar-refractivity contribution is -0.137. The molecule has 1 fully saturated rings. The Morgan fingerprint density at radius 3 is 2.56 bits per heavy atom. The zero-order chi connectivity index (χ0) is 18.2. The molecule has 2 amide bonds. The van der Waals surface area contributed by atoms with Gasteiger partial charge in [-0.15, -0.1) is 11.3 Å². The molecule has 0 bridgehead atoms. The van der Waals surface area contributed by atoms with Crippen LogP contribution in [0, 0.1) is 0 Å². The predicted octanol–water partition coefficient (Wildman–Crippen LogP) is 2.79. The lowest BCUT2D eigenvalue weighted by atomic mass is 10.1. The van der Waals surface area contributed by atoms with Crippen molar-refractivity contribution < 1.29 is 22.8 Å². The SMILES string of the molecule is CN1CC[C@H](NC(=O)c2csc(-c3ccc(C(F)(F)F)cc3)n2)C1=O. The number of hydrogen-bond donors (Lipinski definition) is 1. The Morgan fingerprint density at radius 2 is 2.00 bits per heavy atom. The molecule has 0 saturated carbocycles. The number of likely N-dealkylation sites (N-methyl/N-ethyl adjacent to an activating group) is 1. The van der Waals surface area contributed by atoms with Gasteiger partial charge in [0, 0.05) is 24.5 Å². The maximum atomic E-state index is 12.6. The van der Waals surface area contributed by atoms with E-state index in [4.69, 9.17) is 0 Å². The van der Waals surface area contributed by atoms with Gasteiger partial charge in [0.2, 0.25) is 5.91 Å². The van der Waals surface area contributed by atoms with Crippen molar-refractivity contribution in [1.29, 1.82) is 0 Å². The number of thiazole rings is 1. The fourth-order valence-electron chi connectivity index (χ4n) is 2.50. The molecule has 0 radical (unpaired) electrons. The molecule has 1 aliphatic rings. The number of amides is 2. The van der Waals surface area contributed by atoms with Crippen LogP contribution in [0.15, 0.2) is 29.6 Å². The summed E-state index contributed by atoms with van der Waals surface area (Å²) in [4.78, 5) is 29.7. The fourth-order valence-corrected chi connectivity index (χ4v) is 3.31. The number of nitrogens with zero attached hydrogens (tertiary/aromatic N) is 2. The van der Waals surface area contributed by atoms with Crippen LogP contribution in [0.25, 0.3) is 10.6 Å². The lowest BCUT2D eigenvalue weighted by Gasteiger charge is -2.11. The Labute approximate surface area is 145 Å². The minimum absolute atomic E-state index is 0.141. The van der Waals surface area contributed by atoms with Crippen LogP contribution in [0.5, 0.6) is 0 Å². The Bertz CT molecular complexity index is 802. The average molecular weight is 369 g/mol. The van der Waals surface area contributed by atoms with Gasteiger partial charge in [0.05, 0.1) is 5.56 Å². The van der Waals surface area contributed by atoms with Crippen molar-refractivity contribution in [2.45, 2.75) is 18.6 Å². The smallest absolute Gasteiger partial charge is 0.344 e. The largest absolute Gasteiger partial charge is 0.416 e. The molecule has 132 valence electrons. The Hall–Kier alpha value is -2.42. The van der Waals surface area contributed by atoms with E-state index in [0.717, 1.165) is 23.5 Å². The van der Waals surface area contributed by atoms with E-state index >= 15 is 0 Å². The van der Waals surface area contributed by atoms with Crippen LogP contribution in [-0.4, -0.2) is 41.3 Å². The summed E-state index contributed by atoms with van der Waals surface area (Å²) in [6, 6.07) is 4.03. The molecule has 2 heterocycles. The first kappa shape index (κ1) is 17.4. The average Bonchev–Trinajstić information content (AvgIpc) is 3.17. The van der Waals surface area contributed by atoms with Crippen LogP contribution < -0.4 is 5.32 Å². The summed E-state index contributed by atoms with van der Waals surface area (Å²) in [5.74, 6) is -0.616. The second kappa shape index (κ2) is 6.47. The summed E-state index contributed by atoms with van der Waals surface area (Å²) in [7, 11) is 1.67. The van der Waals surface area contributed by atoms with Crippen molar-refractivity contribution in [1.82, 2.24) is 15.2 Å². The number of carbonyl (C=O) groups is 2. The molecule has 1 aromatic heterocycles. The van der Waals surface area contributed by atoms with E-state index in [1.807, 2.05) is 0 Å². The second-order valence-corrected chi connectivity index (χ2v) is 6.55. The number of hydrogen-bond acceptors (Lipinski definition) is 4. The third-order valence-electron chi connectivity index (χ3n) is 3.93. The summed E-state index contributed by atoms with van der Waals surface area (Å²) in [5, 5.41) is 4.59. The van der Waals surface area contributed by atoms with Crippen molar-refractivity contribution in [3.63, 3.8) is 0 Å². The highest BCUT2D eigenvalue weighted by Gasteiger charge is 2.31. The summed E-state index contributed by atoms with van der Waals surface area (Å²) in [5.41, 5.74) is -0.106. The number of aromatic nitrogens is 1. The molecule has 25 heavy (non-hydrogen) atoms. The van der Waals surface area contributed by atoms with Crippen molar-refractivity contribution in [3.8, 4) is 10.6 Å². The molecule has 1 atom stereocenters. The number of carbonyl (C=O) groups excluding carboxylic acids is 2. The Morgan fingerprint density at radius 1 is 1.32 bits per heavy atom. The van der Waals surface area contributed by atoms with Crippen molar-refractivity contribution in [2.75, 3.05) is 13.6 Å². The van der Waals surface area contributed by atoms with E-state index < -0.39 is 23.7 Å². The molecule has 9 heteroatoms. The van der Waals surface area contributed by atoms with Crippen molar-refractivity contribution in [3.05, 3.63) is 40.9 Å². The molecule has 0 unspecified atom stereocenters. The number of rotatable bonds is 3. The van der Waals surface area contributed by atoms with Crippen LogP contribution in [0.4, 0.5) is 13.2 Å². The van der Waals surface area contributed by atoms with Gasteiger partial charge in [-0.25, -0.2) is 4.98 Å². The van der Waals surface area contributed by atoms with E-state index in [9.17, 15) is 22.8 Å². The predicted molar refractivity (Wildman–Crippen MR) is 86.1 cm³/mol. The molecule has 1 N–H and O–H groups in total. The molecule has 0 spiro atoms. The summed E-state index contributed by atoms with van der Waals surface area (Å²) >= 11 is 1.16. The standard InChI is InChI=1S/C16H14F3N3O2S/c1-22-7-6-11(15(22)24)20-13(23)12-8-25-14(21-12)9-2-4-10(5-3-9)16(17,18)19/h2-5,8,11H,6-7H2,1H3,(H,20,23)/t11-/m0/s1. The Balaban J connectivity index is 1.72. The molecule has 1 aromatic carbocycles. The van der Waals surface area contributed by atoms with Gasteiger partial charge in [-0.05, 0) is 18.6 Å². The lowest BCUT2D eigenvalue weighted by Crippen LogP contribution is -2.40. The van der Waals surface area contributed by atoms with Crippen LogP contribution in [0.3, 0.4) is 0 Å². The first-order chi connectivity index (χ1) is 11.8. The van der Waals surface area contributed by atoms with Crippen LogP contribution in [-0.2, 0) is 11.0 Å². The van der Waals surface area contributed by atoms with Crippen LogP contribution in [0.1, 0.15) is 22.5 Å². The normalized spacial score (nSPS) is 17.8. The van der Waals surface area contributed by atoms with Crippen molar-refractivity contribution >= 4 is 23.2 Å². The zero-order valence-electron chi connectivity index (χ0n) is 13.1. The molecule has 5 nitrogen and oxygen atoms in total. The van der Waals surface area contributed by atoms with E-state index in [1.165, 1.54) is 17.5 Å². The minimum atomic E-state index is -4.40. The zero-order valence-corrected chi connectivity index (χ0v) is 13.9. The van der Waals surface area contributed by atoms with Crippen LogP contribution in [0.2, 0.25) is 0 Å². The summed E-state index contributed by atoms with van der Waals surface area (Å²) in [6.07, 6.45) is -3.86. The van der Waals surface area contributed by atoms with E-state index in [0.29, 0.717) is 23.5 Å². The molecule has 1 aliphatic heterocycles. The molecule has 1 saturated heterocycles. The van der Waals surface area contributed by atoms with E-state index in [1.54, 1.807) is 11.9 Å². The van der Waals surface area contributed by atoms with Crippen molar-refractivity contribution in [2.24, 2.45) is 0 Å². The van der Waals surface area contributed by atoms with Gasteiger partial charge in [-0.2, -0.15) is 13.2 Å². The number of nitrogens with one attached hydrogen (secondary N) is 1. The van der Waals surface area contributed by atoms with Gasteiger partial charge >= 0.3 is 6.18 Å². The van der Waals surface area contributed by atoms with Gasteiger partial charge in [0.25, 0.3) is 5.91 Å². The number of benzene rings is 1. The van der Waals surface area contributed by atoms with Crippen LogP contribution >= 0.6 is 11.3 Å². The maximum Gasteiger partial charge on any atom is 0.416 e. The third kappa shape index (κ3) is 3.65. The minimum Gasteiger partial charge on any atom is -0.344 e. The van der Waals surface area contributed by atoms with E-state index in [-0.39, 0.29) is 11.6 Å². The molecule has 0 aliphatic carbocycles. The number of halogens is 3. The highest BCUT2D eigenvalue weighted by molar-refractivity contribution is 7.13. The number of likely N-dealkylation sites (tertiary alicyclic amines) is 1. The highest BCUT2D eigenvalue weighted by Crippen LogP contribution is 2.31. The van der Waals surface area contributed by atoms with Gasteiger partial charge in [0.1, 0.15) is 16.7 Å². The third-order valence-corrected chi connectivity index (χ3v) is 4.82. The topological polar surface area (TPSA) is 62.3 Å². The van der Waals surface area contributed by atoms with E-state index in [2.05, 4.69) is 10.3 Å².